The molecule has 0 saturated carbocycles. The summed E-state index contributed by atoms with van der Waals surface area (Å²) in [6, 6.07) is 8.07. The molecule has 0 aliphatic rings. The summed E-state index contributed by atoms with van der Waals surface area (Å²) in [6.07, 6.45) is 4.12. The predicted octanol–water partition coefficient (Wildman–Crippen LogP) is 4.40. The number of carbonyl (C=O) groups is 1. The first-order chi connectivity index (χ1) is 9.80. The molecule has 0 fully saturated rings. The van der Waals surface area contributed by atoms with Gasteiger partial charge in [0.1, 0.15) is 0 Å². The Hall–Kier alpha value is -2.16. The van der Waals surface area contributed by atoms with Gasteiger partial charge in [0.15, 0.2) is 0 Å². The van der Waals surface area contributed by atoms with Gasteiger partial charge in [0.25, 0.3) is 0 Å². The number of pyridine rings is 1. The van der Waals surface area contributed by atoms with Gasteiger partial charge in [0.05, 0.1) is 0 Å². The second kappa shape index (κ2) is 5.68. The SMILES string of the molecule is C=C(CC(c1cncc2ccccc12)C(C)(C)C)C(=O)O. The van der Waals surface area contributed by atoms with E-state index in [1.54, 1.807) is 0 Å². The lowest BCUT2D eigenvalue weighted by Gasteiger charge is -2.32. The van der Waals surface area contributed by atoms with Gasteiger partial charge in [0, 0.05) is 23.4 Å². The Morgan fingerprint density at radius 3 is 2.57 bits per heavy atom. The Balaban J connectivity index is 2.54. The van der Waals surface area contributed by atoms with Gasteiger partial charge in [-0.05, 0) is 28.7 Å². The summed E-state index contributed by atoms with van der Waals surface area (Å²) in [5.74, 6) is -0.878. The van der Waals surface area contributed by atoms with Gasteiger partial charge >= 0.3 is 5.97 Å². The van der Waals surface area contributed by atoms with E-state index >= 15 is 0 Å². The monoisotopic (exact) mass is 283 g/mol. The zero-order valence-electron chi connectivity index (χ0n) is 12.8. The molecule has 1 N–H and O–H groups in total. The minimum atomic E-state index is -0.933. The summed E-state index contributed by atoms with van der Waals surface area (Å²) >= 11 is 0. The zero-order chi connectivity index (χ0) is 15.6. The molecule has 0 aliphatic carbocycles. The molecule has 1 aromatic carbocycles. The molecule has 21 heavy (non-hydrogen) atoms. The highest BCUT2D eigenvalue weighted by Gasteiger charge is 2.29. The van der Waals surface area contributed by atoms with Crippen LogP contribution in [0.2, 0.25) is 0 Å². The molecule has 1 aromatic heterocycles. The second-order valence-corrected chi connectivity index (χ2v) is 6.48. The normalized spacial score (nSPS) is 13.1. The molecule has 3 nitrogen and oxygen atoms in total. The number of nitrogens with zero attached hydrogens (tertiary/aromatic N) is 1. The van der Waals surface area contributed by atoms with Crippen LogP contribution in [0.3, 0.4) is 0 Å². The molecule has 1 unspecified atom stereocenters. The molecule has 1 atom stereocenters. The van der Waals surface area contributed by atoms with Crippen molar-refractivity contribution in [2.75, 3.05) is 0 Å². The Labute approximate surface area is 125 Å². The summed E-state index contributed by atoms with van der Waals surface area (Å²) in [5.41, 5.74) is 1.25. The van der Waals surface area contributed by atoms with Crippen molar-refractivity contribution in [3.05, 3.63) is 54.4 Å². The van der Waals surface area contributed by atoms with Crippen molar-refractivity contribution in [3.63, 3.8) is 0 Å². The minimum Gasteiger partial charge on any atom is -0.478 e. The van der Waals surface area contributed by atoms with Crippen LogP contribution in [0.5, 0.6) is 0 Å². The van der Waals surface area contributed by atoms with Crippen LogP contribution in [0.15, 0.2) is 48.8 Å². The van der Waals surface area contributed by atoms with E-state index in [4.69, 9.17) is 5.11 Å². The van der Waals surface area contributed by atoms with Gasteiger partial charge in [-0.2, -0.15) is 0 Å². The van der Waals surface area contributed by atoms with Crippen molar-refractivity contribution >= 4 is 16.7 Å². The first-order valence-corrected chi connectivity index (χ1v) is 7.04. The Kier molecular flexibility index (Phi) is 4.12. The van der Waals surface area contributed by atoms with Crippen LogP contribution < -0.4 is 0 Å². The molecule has 2 rings (SSSR count). The maximum Gasteiger partial charge on any atom is 0.330 e. The molecule has 0 saturated heterocycles. The number of aliphatic carboxylic acids is 1. The second-order valence-electron chi connectivity index (χ2n) is 6.48. The van der Waals surface area contributed by atoms with Crippen molar-refractivity contribution in [1.82, 2.24) is 4.98 Å². The third-order valence-corrected chi connectivity index (χ3v) is 3.87. The van der Waals surface area contributed by atoms with Crippen molar-refractivity contribution in [2.24, 2.45) is 5.41 Å². The molecule has 1 heterocycles. The summed E-state index contributed by atoms with van der Waals surface area (Å²) < 4.78 is 0. The largest absolute Gasteiger partial charge is 0.478 e. The molecular formula is C18H21NO2. The topological polar surface area (TPSA) is 50.2 Å². The van der Waals surface area contributed by atoms with Crippen LogP contribution in [-0.4, -0.2) is 16.1 Å². The van der Waals surface area contributed by atoms with Gasteiger partial charge < -0.3 is 5.11 Å². The van der Waals surface area contributed by atoms with Gasteiger partial charge in [-0.15, -0.1) is 0 Å². The number of hydrogen-bond acceptors (Lipinski definition) is 2. The fraction of sp³-hybridized carbons (Fsp3) is 0.333. The molecule has 110 valence electrons. The standard InChI is InChI=1S/C18H21NO2/c1-12(17(20)21)9-16(18(2,3)4)15-11-19-10-13-7-5-6-8-14(13)15/h5-8,10-11,16H,1,9H2,2-4H3,(H,20,21). The molecule has 2 aromatic rings. The van der Waals surface area contributed by atoms with Crippen LogP contribution >= 0.6 is 0 Å². The van der Waals surface area contributed by atoms with Crippen molar-refractivity contribution in [3.8, 4) is 0 Å². The lowest BCUT2D eigenvalue weighted by Crippen LogP contribution is -2.21. The predicted molar refractivity (Wildman–Crippen MR) is 85.3 cm³/mol. The van der Waals surface area contributed by atoms with Crippen molar-refractivity contribution in [2.45, 2.75) is 33.1 Å². The molecule has 0 radical (unpaired) electrons. The number of rotatable bonds is 4. The summed E-state index contributed by atoms with van der Waals surface area (Å²) in [4.78, 5) is 15.5. The van der Waals surface area contributed by atoms with Gasteiger partial charge in [-0.3, -0.25) is 4.98 Å². The van der Waals surface area contributed by atoms with Gasteiger partial charge in [0.2, 0.25) is 0 Å². The smallest absolute Gasteiger partial charge is 0.330 e. The minimum absolute atomic E-state index is 0.0553. The van der Waals surface area contributed by atoms with Crippen molar-refractivity contribution < 1.29 is 9.90 Å². The van der Waals surface area contributed by atoms with Gasteiger partial charge in [-0.25, -0.2) is 4.79 Å². The molecule has 3 heteroatoms. The molecule has 0 spiro atoms. The fourth-order valence-corrected chi connectivity index (χ4v) is 2.63. The number of benzene rings is 1. The number of fused-ring (bicyclic) bond motifs is 1. The third kappa shape index (κ3) is 3.30. The Morgan fingerprint density at radius 1 is 1.29 bits per heavy atom. The first-order valence-electron chi connectivity index (χ1n) is 7.04. The van der Waals surface area contributed by atoms with E-state index in [-0.39, 0.29) is 16.9 Å². The fourth-order valence-electron chi connectivity index (χ4n) is 2.63. The van der Waals surface area contributed by atoms with Crippen LogP contribution in [0, 0.1) is 5.41 Å². The van der Waals surface area contributed by atoms with Gasteiger partial charge in [-0.1, -0.05) is 51.6 Å². The van der Waals surface area contributed by atoms with E-state index in [2.05, 4.69) is 38.4 Å². The van der Waals surface area contributed by atoms with E-state index in [1.807, 2.05) is 30.6 Å². The van der Waals surface area contributed by atoms with E-state index in [9.17, 15) is 4.79 Å². The summed E-state index contributed by atoms with van der Waals surface area (Å²) in [6.45, 7) is 10.1. The van der Waals surface area contributed by atoms with E-state index in [0.717, 1.165) is 16.3 Å². The highest BCUT2D eigenvalue weighted by Crippen LogP contribution is 2.41. The molecule has 0 bridgehead atoms. The zero-order valence-corrected chi connectivity index (χ0v) is 12.8. The highest BCUT2D eigenvalue weighted by atomic mass is 16.4. The average molecular weight is 283 g/mol. The van der Waals surface area contributed by atoms with E-state index in [0.29, 0.717) is 6.42 Å². The van der Waals surface area contributed by atoms with Crippen LogP contribution in [0.1, 0.15) is 38.7 Å². The van der Waals surface area contributed by atoms with E-state index in [1.165, 1.54) is 0 Å². The average Bonchev–Trinajstić information content (AvgIpc) is 2.42. The van der Waals surface area contributed by atoms with Crippen LogP contribution in [0.4, 0.5) is 0 Å². The quantitative estimate of drug-likeness (QED) is 0.846. The Morgan fingerprint density at radius 2 is 1.95 bits per heavy atom. The maximum atomic E-state index is 11.1. The third-order valence-electron chi connectivity index (χ3n) is 3.87. The summed E-state index contributed by atoms with van der Waals surface area (Å²) in [7, 11) is 0. The van der Waals surface area contributed by atoms with Crippen LogP contribution in [-0.2, 0) is 4.79 Å². The maximum absolute atomic E-state index is 11.1. The van der Waals surface area contributed by atoms with Crippen molar-refractivity contribution in [1.29, 1.82) is 0 Å². The number of aromatic nitrogens is 1. The molecule has 0 amide bonds. The first kappa shape index (κ1) is 15.2. The Bertz CT molecular complexity index is 678. The highest BCUT2D eigenvalue weighted by molar-refractivity contribution is 5.87. The number of carboxylic acids is 1. The molecule has 0 aliphatic heterocycles. The van der Waals surface area contributed by atoms with E-state index < -0.39 is 5.97 Å². The molecular weight excluding hydrogens is 262 g/mol. The summed E-state index contributed by atoms with van der Waals surface area (Å²) in [5, 5.41) is 11.3. The number of carboxylic acid groups (broad SMARTS) is 1. The lowest BCUT2D eigenvalue weighted by molar-refractivity contribution is -0.132. The lowest BCUT2D eigenvalue weighted by atomic mass is 9.73. The number of hydrogen-bond donors (Lipinski definition) is 1. The van der Waals surface area contributed by atoms with Crippen LogP contribution in [0.25, 0.3) is 10.8 Å².